The van der Waals surface area contributed by atoms with Crippen LogP contribution in [0.2, 0.25) is 0 Å². The second-order valence-corrected chi connectivity index (χ2v) is 4.73. The maximum absolute atomic E-state index is 8.84. The molecular formula is C15H19NO. The van der Waals surface area contributed by atoms with Crippen molar-refractivity contribution in [3.05, 3.63) is 29.3 Å². The number of hydrogen-bond acceptors (Lipinski definition) is 2. The molecule has 1 aliphatic rings. The molecule has 0 radical (unpaired) electrons. The van der Waals surface area contributed by atoms with Crippen molar-refractivity contribution >= 4 is 0 Å². The zero-order valence-corrected chi connectivity index (χ0v) is 10.4. The second kappa shape index (κ2) is 5.72. The largest absolute Gasteiger partial charge is 0.490 e. The third-order valence-corrected chi connectivity index (χ3v) is 3.31. The maximum atomic E-state index is 8.84. The molecule has 0 aromatic heterocycles. The monoisotopic (exact) mass is 229 g/mol. The van der Waals surface area contributed by atoms with Crippen LogP contribution in [0.15, 0.2) is 18.2 Å². The van der Waals surface area contributed by atoms with Gasteiger partial charge in [-0.15, -0.1) is 0 Å². The van der Waals surface area contributed by atoms with Crippen LogP contribution in [0.1, 0.15) is 50.2 Å². The van der Waals surface area contributed by atoms with Crippen molar-refractivity contribution in [1.82, 2.24) is 0 Å². The van der Waals surface area contributed by atoms with Gasteiger partial charge in [0.25, 0.3) is 0 Å². The molecule has 0 saturated carbocycles. The Balaban J connectivity index is 1.86. The number of nitrogens with zero attached hydrogens (tertiary/aromatic N) is 1. The molecule has 2 rings (SSSR count). The summed E-state index contributed by atoms with van der Waals surface area (Å²) < 4.78 is 5.88. The molecule has 0 aliphatic carbocycles. The van der Waals surface area contributed by atoms with Crippen molar-refractivity contribution in [1.29, 1.82) is 5.26 Å². The SMILES string of the molecule is CCCCCCC1Cc2cc(C#N)ccc2O1. The molecule has 1 aromatic rings. The van der Waals surface area contributed by atoms with E-state index in [1.54, 1.807) is 0 Å². The van der Waals surface area contributed by atoms with E-state index >= 15 is 0 Å². The normalized spacial score (nSPS) is 17.3. The average Bonchev–Trinajstić information content (AvgIpc) is 2.76. The summed E-state index contributed by atoms with van der Waals surface area (Å²) in [5, 5.41) is 8.84. The van der Waals surface area contributed by atoms with Crippen molar-refractivity contribution in [2.45, 2.75) is 51.6 Å². The molecule has 2 heteroatoms. The van der Waals surface area contributed by atoms with Crippen LogP contribution in [0.4, 0.5) is 0 Å². The zero-order chi connectivity index (χ0) is 12.1. The smallest absolute Gasteiger partial charge is 0.123 e. The lowest BCUT2D eigenvalue weighted by atomic mass is 10.0. The van der Waals surface area contributed by atoms with E-state index < -0.39 is 0 Å². The first-order valence-corrected chi connectivity index (χ1v) is 6.53. The van der Waals surface area contributed by atoms with Gasteiger partial charge >= 0.3 is 0 Å². The Morgan fingerprint density at radius 3 is 3.00 bits per heavy atom. The van der Waals surface area contributed by atoms with Crippen LogP contribution in [0.5, 0.6) is 5.75 Å². The number of hydrogen-bond donors (Lipinski definition) is 0. The summed E-state index contributed by atoms with van der Waals surface area (Å²) in [5.41, 5.74) is 1.93. The molecule has 0 fully saturated rings. The van der Waals surface area contributed by atoms with Gasteiger partial charge in [0.15, 0.2) is 0 Å². The Morgan fingerprint density at radius 1 is 1.35 bits per heavy atom. The third kappa shape index (κ3) is 3.00. The lowest BCUT2D eigenvalue weighted by Crippen LogP contribution is -2.12. The van der Waals surface area contributed by atoms with Crippen LogP contribution in [0.3, 0.4) is 0 Å². The molecule has 0 N–H and O–H groups in total. The van der Waals surface area contributed by atoms with Gasteiger partial charge in [0.2, 0.25) is 0 Å². The number of nitriles is 1. The summed E-state index contributed by atoms with van der Waals surface area (Å²) in [6.07, 6.45) is 7.58. The van der Waals surface area contributed by atoms with Crippen molar-refractivity contribution in [2.24, 2.45) is 0 Å². The average molecular weight is 229 g/mol. The predicted molar refractivity (Wildman–Crippen MR) is 68.0 cm³/mol. The van der Waals surface area contributed by atoms with Crippen LogP contribution in [0, 0.1) is 11.3 Å². The van der Waals surface area contributed by atoms with Gasteiger partial charge in [0.05, 0.1) is 11.6 Å². The van der Waals surface area contributed by atoms with Gasteiger partial charge in [0.1, 0.15) is 11.9 Å². The van der Waals surface area contributed by atoms with E-state index in [9.17, 15) is 0 Å². The Kier molecular flexibility index (Phi) is 4.03. The highest BCUT2D eigenvalue weighted by Crippen LogP contribution is 2.31. The number of benzene rings is 1. The number of unbranched alkanes of at least 4 members (excludes halogenated alkanes) is 3. The Morgan fingerprint density at radius 2 is 2.24 bits per heavy atom. The molecule has 0 amide bonds. The molecule has 1 heterocycles. The quantitative estimate of drug-likeness (QED) is 0.719. The second-order valence-electron chi connectivity index (χ2n) is 4.73. The van der Waals surface area contributed by atoms with E-state index in [4.69, 9.17) is 10.00 Å². The van der Waals surface area contributed by atoms with Gasteiger partial charge in [0, 0.05) is 6.42 Å². The van der Waals surface area contributed by atoms with Crippen LogP contribution < -0.4 is 4.74 Å². The van der Waals surface area contributed by atoms with Crippen LogP contribution in [0.25, 0.3) is 0 Å². The topological polar surface area (TPSA) is 33.0 Å². The van der Waals surface area contributed by atoms with Gasteiger partial charge in [-0.3, -0.25) is 0 Å². The van der Waals surface area contributed by atoms with E-state index in [0.29, 0.717) is 6.10 Å². The minimum Gasteiger partial charge on any atom is -0.490 e. The first kappa shape index (κ1) is 12.0. The highest BCUT2D eigenvalue weighted by atomic mass is 16.5. The number of rotatable bonds is 5. The lowest BCUT2D eigenvalue weighted by Gasteiger charge is -2.09. The highest BCUT2D eigenvalue weighted by Gasteiger charge is 2.22. The fourth-order valence-electron chi connectivity index (χ4n) is 2.35. The molecule has 1 aromatic carbocycles. The summed E-state index contributed by atoms with van der Waals surface area (Å²) in [7, 11) is 0. The summed E-state index contributed by atoms with van der Waals surface area (Å²) in [5.74, 6) is 0.976. The molecule has 1 aliphatic heterocycles. The van der Waals surface area contributed by atoms with Crippen molar-refractivity contribution < 1.29 is 4.74 Å². The molecule has 0 spiro atoms. The summed E-state index contributed by atoms with van der Waals surface area (Å²) in [6, 6.07) is 7.90. The fraction of sp³-hybridized carbons (Fsp3) is 0.533. The third-order valence-electron chi connectivity index (χ3n) is 3.31. The van der Waals surface area contributed by atoms with Crippen LogP contribution in [-0.2, 0) is 6.42 Å². The van der Waals surface area contributed by atoms with Gasteiger partial charge in [-0.25, -0.2) is 0 Å². The zero-order valence-electron chi connectivity index (χ0n) is 10.4. The summed E-state index contributed by atoms with van der Waals surface area (Å²) in [6.45, 7) is 2.23. The van der Waals surface area contributed by atoms with Gasteiger partial charge in [-0.2, -0.15) is 5.26 Å². The van der Waals surface area contributed by atoms with Crippen molar-refractivity contribution in [3.8, 4) is 11.8 Å². The highest BCUT2D eigenvalue weighted by molar-refractivity contribution is 5.44. The van der Waals surface area contributed by atoms with Gasteiger partial charge < -0.3 is 4.74 Å². The molecule has 0 saturated heterocycles. The predicted octanol–water partition coefficient (Wildman–Crippen LogP) is 3.83. The minimum atomic E-state index is 0.329. The van der Waals surface area contributed by atoms with Crippen molar-refractivity contribution in [3.63, 3.8) is 0 Å². The minimum absolute atomic E-state index is 0.329. The number of ether oxygens (including phenoxy) is 1. The first-order chi connectivity index (χ1) is 8.33. The lowest BCUT2D eigenvalue weighted by molar-refractivity contribution is 0.216. The van der Waals surface area contributed by atoms with E-state index in [0.717, 1.165) is 24.2 Å². The fourth-order valence-corrected chi connectivity index (χ4v) is 2.35. The standard InChI is InChI=1S/C15H19NO/c1-2-3-4-5-6-14-10-13-9-12(11-16)7-8-15(13)17-14/h7-9,14H,2-6,10H2,1H3. The van der Waals surface area contributed by atoms with E-state index in [1.807, 2.05) is 18.2 Å². The molecular weight excluding hydrogens is 210 g/mol. The molecule has 1 unspecified atom stereocenters. The maximum Gasteiger partial charge on any atom is 0.123 e. The molecule has 0 bridgehead atoms. The Hall–Kier alpha value is -1.49. The van der Waals surface area contributed by atoms with Gasteiger partial charge in [-0.05, 0) is 36.6 Å². The molecule has 1 atom stereocenters. The Bertz CT molecular complexity index is 419. The van der Waals surface area contributed by atoms with Crippen LogP contribution in [-0.4, -0.2) is 6.10 Å². The molecule has 17 heavy (non-hydrogen) atoms. The summed E-state index contributed by atoms with van der Waals surface area (Å²) >= 11 is 0. The van der Waals surface area contributed by atoms with E-state index in [-0.39, 0.29) is 0 Å². The van der Waals surface area contributed by atoms with Gasteiger partial charge in [-0.1, -0.05) is 26.2 Å². The Labute approximate surface area is 103 Å². The van der Waals surface area contributed by atoms with E-state index in [1.165, 1.54) is 31.2 Å². The molecule has 90 valence electrons. The van der Waals surface area contributed by atoms with Crippen LogP contribution >= 0.6 is 0 Å². The number of fused-ring (bicyclic) bond motifs is 1. The van der Waals surface area contributed by atoms with Crippen molar-refractivity contribution in [2.75, 3.05) is 0 Å². The first-order valence-electron chi connectivity index (χ1n) is 6.53. The molecule has 2 nitrogen and oxygen atoms in total. The summed E-state index contributed by atoms with van der Waals surface area (Å²) in [4.78, 5) is 0. The van der Waals surface area contributed by atoms with E-state index in [2.05, 4.69) is 13.0 Å².